The molecule has 0 aromatic heterocycles. The molecule has 2 saturated heterocycles. The lowest BCUT2D eigenvalue weighted by molar-refractivity contribution is -0.0180. The highest BCUT2D eigenvalue weighted by Gasteiger charge is 2.25. The average molecular weight is 511 g/mol. The van der Waals surface area contributed by atoms with Crippen LogP contribution >= 0.6 is 24.0 Å². The Kier molecular flexibility index (Phi) is 12.2. The number of β-amino-alcohol motifs (C(OH)–C–C–N with tert-alkyl or cyclic N) is 1. The van der Waals surface area contributed by atoms with Gasteiger partial charge in [0.15, 0.2) is 5.96 Å². The van der Waals surface area contributed by atoms with E-state index in [1.165, 1.54) is 25.9 Å². The highest BCUT2D eigenvalue weighted by Crippen LogP contribution is 2.17. The Hall–Kier alpha value is -0.160. The van der Waals surface area contributed by atoms with Gasteiger partial charge in [0, 0.05) is 38.8 Å². The van der Waals surface area contributed by atoms with Gasteiger partial charge in [-0.15, -0.1) is 24.0 Å². The number of nitrogens with one attached hydrogen (secondary N) is 2. The number of morpholine rings is 1. The maximum atomic E-state index is 10.7. The molecule has 166 valence electrons. The monoisotopic (exact) mass is 511 g/mol. The highest BCUT2D eigenvalue weighted by molar-refractivity contribution is 14.0. The van der Waals surface area contributed by atoms with Crippen molar-refractivity contribution in [2.75, 3.05) is 65.6 Å². The SMILES string of the molecule is CCNC(=NCC(C)(O)CN1CCOCC1)NCC(C)N1CCC(C)CC1.I. The number of guanidine groups is 1. The van der Waals surface area contributed by atoms with Crippen molar-refractivity contribution in [2.24, 2.45) is 10.9 Å². The summed E-state index contributed by atoms with van der Waals surface area (Å²) in [6.45, 7) is 16.9. The second kappa shape index (κ2) is 13.2. The molecule has 0 bridgehead atoms. The minimum atomic E-state index is -0.839. The highest BCUT2D eigenvalue weighted by atomic mass is 127. The van der Waals surface area contributed by atoms with Gasteiger partial charge in [0.2, 0.25) is 0 Å². The molecular weight excluding hydrogens is 469 g/mol. The minimum Gasteiger partial charge on any atom is -0.387 e. The first-order valence-electron chi connectivity index (χ1n) is 10.7. The smallest absolute Gasteiger partial charge is 0.191 e. The van der Waals surface area contributed by atoms with E-state index in [9.17, 15) is 5.11 Å². The molecule has 2 aliphatic heterocycles. The molecule has 2 atom stereocenters. The number of rotatable bonds is 8. The Morgan fingerprint density at radius 2 is 1.86 bits per heavy atom. The summed E-state index contributed by atoms with van der Waals surface area (Å²) in [6, 6.07) is 0.482. The minimum absolute atomic E-state index is 0. The third kappa shape index (κ3) is 9.56. The molecule has 2 aliphatic rings. The summed E-state index contributed by atoms with van der Waals surface area (Å²) in [4.78, 5) is 9.46. The molecular formula is C20H42IN5O2. The van der Waals surface area contributed by atoms with Crippen LogP contribution in [0.25, 0.3) is 0 Å². The summed E-state index contributed by atoms with van der Waals surface area (Å²) in [6.07, 6.45) is 2.59. The normalized spacial score (nSPS) is 23.5. The topological polar surface area (TPSA) is 72.4 Å². The summed E-state index contributed by atoms with van der Waals surface area (Å²) in [7, 11) is 0. The van der Waals surface area contributed by atoms with Gasteiger partial charge in [0.05, 0.1) is 25.4 Å². The van der Waals surface area contributed by atoms with Crippen LogP contribution in [-0.2, 0) is 4.74 Å². The Morgan fingerprint density at radius 3 is 2.46 bits per heavy atom. The van der Waals surface area contributed by atoms with Gasteiger partial charge in [0.1, 0.15) is 0 Å². The number of hydrogen-bond acceptors (Lipinski definition) is 5. The molecule has 28 heavy (non-hydrogen) atoms. The van der Waals surface area contributed by atoms with Gasteiger partial charge in [-0.25, -0.2) is 0 Å². The van der Waals surface area contributed by atoms with Crippen LogP contribution in [0.4, 0.5) is 0 Å². The second-order valence-electron chi connectivity index (χ2n) is 8.53. The lowest BCUT2D eigenvalue weighted by Crippen LogP contribution is -2.49. The molecule has 0 radical (unpaired) electrons. The third-order valence-electron chi connectivity index (χ3n) is 5.60. The molecule has 0 saturated carbocycles. The number of aliphatic hydroxyl groups is 1. The van der Waals surface area contributed by atoms with Crippen LogP contribution in [0.5, 0.6) is 0 Å². The fourth-order valence-corrected chi connectivity index (χ4v) is 3.72. The van der Waals surface area contributed by atoms with E-state index in [-0.39, 0.29) is 24.0 Å². The molecule has 2 heterocycles. The standard InChI is InChI=1S/C20H41N5O2.HI/c1-5-21-19(22-14-18(3)25-8-6-17(2)7-9-25)23-15-20(4,26)16-24-10-12-27-13-11-24;/h17-18,26H,5-16H2,1-4H3,(H2,21,22,23);1H. The van der Waals surface area contributed by atoms with Gasteiger partial charge in [0.25, 0.3) is 0 Å². The van der Waals surface area contributed by atoms with Crippen LogP contribution in [0.3, 0.4) is 0 Å². The summed E-state index contributed by atoms with van der Waals surface area (Å²) >= 11 is 0. The lowest BCUT2D eigenvalue weighted by atomic mass is 9.98. The molecule has 2 unspecified atom stereocenters. The van der Waals surface area contributed by atoms with Crippen molar-refractivity contribution in [3.05, 3.63) is 0 Å². The van der Waals surface area contributed by atoms with E-state index in [2.05, 4.69) is 46.2 Å². The molecule has 3 N–H and O–H groups in total. The molecule has 8 heteroatoms. The Bertz CT molecular complexity index is 450. The van der Waals surface area contributed by atoms with Crippen molar-refractivity contribution >= 4 is 29.9 Å². The van der Waals surface area contributed by atoms with Crippen LogP contribution in [0.2, 0.25) is 0 Å². The summed E-state index contributed by atoms with van der Waals surface area (Å²) < 4.78 is 5.38. The van der Waals surface area contributed by atoms with Crippen molar-refractivity contribution in [1.82, 2.24) is 20.4 Å². The molecule has 0 amide bonds. The van der Waals surface area contributed by atoms with E-state index in [4.69, 9.17) is 4.74 Å². The Morgan fingerprint density at radius 1 is 1.21 bits per heavy atom. The van der Waals surface area contributed by atoms with Gasteiger partial charge in [-0.2, -0.15) is 0 Å². The molecule has 0 spiro atoms. The van der Waals surface area contributed by atoms with Crippen molar-refractivity contribution < 1.29 is 9.84 Å². The molecule has 0 aromatic carbocycles. The van der Waals surface area contributed by atoms with Crippen molar-refractivity contribution in [3.63, 3.8) is 0 Å². The molecule has 2 fully saturated rings. The number of halogens is 1. The Balaban J connectivity index is 0.00000392. The molecule has 0 aromatic rings. The summed E-state index contributed by atoms with van der Waals surface area (Å²) in [5.41, 5.74) is -0.839. The zero-order valence-corrected chi connectivity index (χ0v) is 20.6. The van der Waals surface area contributed by atoms with Gasteiger partial charge < -0.3 is 20.5 Å². The Labute approximate surface area is 188 Å². The van der Waals surface area contributed by atoms with Crippen LogP contribution in [0, 0.1) is 5.92 Å². The van der Waals surface area contributed by atoms with Crippen molar-refractivity contribution in [2.45, 2.75) is 52.2 Å². The molecule has 7 nitrogen and oxygen atoms in total. The fraction of sp³-hybridized carbons (Fsp3) is 0.950. The van der Waals surface area contributed by atoms with Gasteiger partial charge >= 0.3 is 0 Å². The van der Waals surface area contributed by atoms with Crippen LogP contribution in [-0.4, -0.2) is 98.1 Å². The van der Waals surface area contributed by atoms with E-state index in [1.807, 2.05) is 6.92 Å². The first-order chi connectivity index (χ1) is 12.9. The number of aliphatic imine (C=N–C) groups is 1. The maximum absolute atomic E-state index is 10.7. The lowest BCUT2D eigenvalue weighted by Gasteiger charge is -2.35. The first kappa shape index (κ1) is 25.9. The van der Waals surface area contributed by atoms with E-state index in [0.29, 0.717) is 19.1 Å². The maximum Gasteiger partial charge on any atom is 0.191 e. The number of nitrogens with zero attached hydrogens (tertiary/aromatic N) is 3. The predicted molar refractivity (Wildman–Crippen MR) is 127 cm³/mol. The second-order valence-corrected chi connectivity index (χ2v) is 8.53. The van der Waals surface area contributed by atoms with E-state index in [1.54, 1.807) is 0 Å². The van der Waals surface area contributed by atoms with E-state index < -0.39 is 5.60 Å². The molecule has 2 rings (SSSR count). The fourth-order valence-electron chi connectivity index (χ4n) is 3.72. The number of hydrogen-bond donors (Lipinski definition) is 3. The van der Waals surface area contributed by atoms with Gasteiger partial charge in [-0.05, 0) is 52.6 Å². The average Bonchev–Trinajstić information content (AvgIpc) is 2.65. The largest absolute Gasteiger partial charge is 0.387 e. The van der Waals surface area contributed by atoms with Crippen LogP contribution in [0.1, 0.15) is 40.5 Å². The number of likely N-dealkylation sites (tertiary alicyclic amines) is 1. The molecule has 0 aliphatic carbocycles. The van der Waals surface area contributed by atoms with Crippen molar-refractivity contribution in [3.8, 4) is 0 Å². The third-order valence-corrected chi connectivity index (χ3v) is 5.60. The summed E-state index contributed by atoms with van der Waals surface area (Å²) in [5, 5.41) is 17.5. The van der Waals surface area contributed by atoms with Crippen molar-refractivity contribution in [1.29, 1.82) is 0 Å². The van der Waals surface area contributed by atoms with Crippen LogP contribution in [0.15, 0.2) is 4.99 Å². The summed E-state index contributed by atoms with van der Waals surface area (Å²) in [5.74, 6) is 1.64. The zero-order valence-electron chi connectivity index (χ0n) is 18.2. The van der Waals surface area contributed by atoms with E-state index in [0.717, 1.165) is 51.3 Å². The van der Waals surface area contributed by atoms with Crippen LogP contribution < -0.4 is 10.6 Å². The quantitative estimate of drug-likeness (QED) is 0.260. The van der Waals surface area contributed by atoms with Gasteiger partial charge in [-0.1, -0.05) is 6.92 Å². The predicted octanol–water partition coefficient (Wildman–Crippen LogP) is 1.36. The first-order valence-corrected chi connectivity index (χ1v) is 10.7. The number of ether oxygens (including phenoxy) is 1. The number of piperidine rings is 1. The van der Waals surface area contributed by atoms with Gasteiger partial charge in [-0.3, -0.25) is 14.8 Å². The zero-order chi connectivity index (χ0) is 19.7. The van der Waals surface area contributed by atoms with E-state index >= 15 is 0 Å².